The van der Waals surface area contributed by atoms with Crippen molar-refractivity contribution in [1.29, 1.82) is 0 Å². The van der Waals surface area contributed by atoms with Crippen LogP contribution in [0.25, 0.3) is 0 Å². The molecule has 0 saturated carbocycles. The molecule has 10 heteroatoms. The van der Waals surface area contributed by atoms with Crippen LogP contribution >= 0.6 is 0 Å². The Bertz CT molecular complexity index is 919. The number of pyridine rings is 2. The van der Waals surface area contributed by atoms with E-state index in [0.29, 0.717) is 11.1 Å². The second kappa shape index (κ2) is 13.6. The highest BCUT2D eigenvalue weighted by Crippen LogP contribution is 2.06. The normalized spacial score (nSPS) is 12.1. The second-order valence-corrected chi connectivity index (χ2v) is 7.74. The molecule has 178 valence electrons. The van der Waals surface area contributed by atoms with Gasteiger partial charge in [-0.05, 0) is 36.1 Å². The van der Waals surface area contributed by atoms with Crippen LogP contribution in [0.4, 0.5) is 0 Å². The van der Waals surface area contributed by atoms with Gasteiger partial charge in [0, 0.05) is 24.8 Å². The van der Waals surface area contributed by atoms with Crippen molar-refractivity contribution in [3.05, 3.63) is 60.2 Å². The van der Waals surface area contributed by atoms with Gasteiger partial charge in [0.25, 0.3) is 11.8 Å². The van der Waals surface area contributed by atoms with Crippen LogP contribution in [0.3, 0.4) is 0 Å². The molecule has 0 bridgehead atoms. The number of hydrogen-bond acceptors (Lipinski definition) is 7. The molecule has 2 amide bonds. The van der Waals surface area contributed by atoms with Gasteiger partial charge in [-0.15, -0.1) is 0 Å². The predicted molar refractivity (Wildman–Crippen MR) is 120 cm³/mol. The average Bonchev–Trinajstić information content (AvgIpc) is 2.81. The van der Waals surface area contributed by atoms with Crippen molar-refractivity contribution in [1.82, 2.24) is 20.6 Å². The topological polar surface area (TPSA) is 148 Å². The van der Waals surface area contributed by atoms with Crippen LogP contribution in [0.15, 0.2) is 49.1 Å². The zero-order valence-corrected chi connectivity index (χ0v) is 19.3. The SMILES string of the molecule is CC(C)C(NC(=O)c1cccnc1)C(=O)O.COC(=O)C(NC(=O)c1cccnc1)C(C)C. The van der Waals surface area contributed by atoms with E-state index in [-0.39, 0.29) is 17.7 Å². The van der Waals surface area contributed by atoms with Gasteiger partial charge in [0.2, 0.25) is 0 Å². The summed E-state index contributed by atoms with van der Waals surface area (Å²) < 4.78 is 4.64. The van der Waals surface area contributed by atoms with E-state index < -0.39 is 29.9 Å². The first-order valence-electron chi connectivity index (χ1n) is 10.3. The Morgan fingerprint density at radius 2 is 1.24 bits per heavy atom. The van der Waals surface area contributed by atoms with Crippen molar-refractivity contribution in [3.8, 4) is 0 Å². The van der Waals surface area contributed by atoms with Crippen LogP contribution in [-0.2, 0) is 14.3 Å². The third-order valence-corrected chi connectivity index (χ3v) is 4.48. The zero-order valence-electron chi connectivity index (χ0n) is 19.3. The van der Waals surface area contributed by atoms with Gasteiger partial charge in [0.05, 0.1) is 18.2 Å². The Balaban J connectivity index is 0.000000331. The summed E-state index contributed by atoms with van der Waals surface area (Å²) in [4.78, 5) is 53.5. The number of aliphatic carboxylic acids is 1. The van der Waals surface area contributed by atoms with E-state index in [0.717, 1.165) is 0 Å². The molecule has 2 unspecified atom stereocenters. The summed E-state index contributed by atoms with van der Waals surface area (Å²) in [6.07, 6.45) is 5.98. The van der Waals surface area contributed by atoms with E-state index in [1.165, 1.54) is 19.5 Å². The standard InChI is InChI=1S/C12H16N2O3.C11H14N2O3/c1-8(2)10(12(16)17-3)14-11(15)9-5-4-6-13-7-9;1-7(2)9(11(15)16)13-10(14)8-4-3-5-12-6-8/h4-8,10H,1-3H3,(H,14,15);3-7,9H,1-2H3,(H,13,14)(H,15,16). The molecule has 2 atom stereocenters. The Labute approximate surface area is 192 Å². The van der Waals surface area contributed by atoms with Crippen molar-refractivity contribution in [2.75, 3.05) is 7.11 Å². The molecule has 2 aromatic rings. The van der Waals surface area contributed by atoms with Crippen LogP contribution in [0.5, 0.6) is 0 Å². The molecule has 2 rings (SSSR count). The Hall–Kier alpha value is -3.82. The number of carboxylic acids is 1. The smallest absolute Gasteiger partial charge is 0.328 e. The maximum Gasteiger partial charge on any atom is 0.328 e. The lowest BCUT2D eigenvalue weighted by Crippen LogP contribution is -2.45. The number of aromatic nitrogens is 2. The lowest BCUT2D eigenvalue weighted by atomic mass is 10.0. The lowest BCUT2D eigenvalue weighted by Gasteiger charge is -2.19. The summed E-state index contributed by atoms with van der Waals surface area (Å²) in [5, 5.41) is 14.0. The highest BCUT2D eigenvalue weighted by molar-refractivity contribution is 5.97. The lowest BCUT2D eigenvalue weighted by molar-refractivity contribution is -0.144. The molecule has 0 aromatic carbocycles. The molecule has 0 aliphatic heterocycles. The second-order valence-electron chi connectivity index (χ2n) is 7.74. The quantitative estimate of drug-likeness (QED) is 0.508. The van der Waals surface area contributed by atoms with E-state index in [1.54, 1.807) is 50.5 Å². The number of esters is 1. The van der Waals surface area contributed by atoms with Crippen LogP contribution in [-0.4, -0.2) is 58.0 Å². The first-order valence-corrected chi connectivity index (χ1v) is 10.3. The van der Waals surface area contributed by atoms with Crippen LogP contribution < -0.4 is 10.6 Å². The molecular formula is C23H30N4O6. The molecule has 0 spiro atoms. The number of carbonyl (C=O) groups excluding carboxylic acids is 3. The molecule has 0 saturated heterocycles. The Morgan fingerprint density at radius 1 is 0.818 bits per heavy atom. The zero-order chi connectivity index (χ0) is 25.0. The van der Waals surface area contributed by atoms with Crippen molar-refractivity contribution in [3.63, 3.8) is 0 Å². The minimum Gasteiger partial charge on any atom is -0.480 e. The van der Waals surface area contributed by atoms with Gasteiger partial charge in [-0.3, -0.25) is 19.6 Å². The highest BCUT2D eigenvalue weighted by atomic mass is 16.5. The largest absolute Gasteiger partial charge is 0.480 e. The number of nitrogens with one attached hydrogen (secondary N) is 2. The molecule has 0 aliphatic carbocycles. The molecular weight excluding hydrogens is 428 g/mol. The molecule has 0 radical (unpaired) electrons. The van der Waals surface area contributed by atoms with Crippen molar-refractivity contribution >= 4 is 23.8 Å². The number of methoxy groups -OCH3 is 1. The summed E-state index contributed by atoms with van der Waals surface area (Å²) in [6.45, 7) is 7.15. The summed E-state index contributed by atoms with van der Waals surface area (Å²) in [7, 11) is 1.30. The van der Waals surface area contributed by atoms with Gasteiger partial charge in [0.1, 0.15) is 12.1 Å². The molecule has 10 nitrogen and oxygen atoms in total. The fourth-order valence-electron chi connectivity index (χ4n) is 2.58. The summed E-state index contributed by atoms with van der Waals surface area (Å²) in [5.74, 6) is -2.44. The number of hydrogen-bond donors (Lipinski definition) is 3. The molecule has 2 heterocycles. The number of amides is 2. The monoisotopic (exact) mass is 458 g/mol. The van der Waals surface area contributed by atoms with E-state index in [2.05, 4.69) is 25.3 Å². The van der Waals surface area contributed by atoms with E-state index in [4.69, 9.17) is 5.11 Å². The summed E-state index contributed by atoms with van der Waals surface area (Å²) in [5.41, 5.74) is 0.774. The van der Waals surface area contributed by atoms with Crippen molar-refractivity contribution < 1.29 is 29.0 Å². The van der Waals surface area contributed by atoms with Crippen molar-refractivity contribution in [2.45, 2.75) is 39.8 Å². The van der Waals surface area contributed by atoms with E-state index in [1.807, 2.05) is 13.8 Å². The summed E-state index contributed by atoms with van der Waals surface area (Å²) in [6, 6.07) is 4.98. The van der Waals surface area contributed by atoms with Gasteiger partial charge in [-0.25, -0.2) is 9.59 Å². The summed E-state index contributed by atoms with van der Waals surface area (Å²) >= 11 is 0. The third kappa shape index (κ3) is 9.06. The fourth-order valence-corrected chi connectivity index (χ4v) is 2.58. The Kier molecular flexibility index (Phi) is 11.2. The molecule has 2 aromatic heterocycles. The van der Waals surface area contributed by atoms with Gasteiger partial charge < -0.3 is 20.5 Å². The van der Waals surface area contributed by atoms with Gasteiger partial charge in [0.15, 0.2) is 0 Å². The van der Waals surface area contributed by atoms with Gasteiger partial charge >= 0.3 is 11.9 Å². The van der Waals surface area contributed by atoms with Crippen LogP contribution in [0.1, 0.15) is 48.4 Å². The van der Waals surface area contributed by atoms with Crippen LogP contribution in [0.2, 0.25) is 0 Å². The Morgan fingerprint density at radius 3 is 1.55 bits per heavy atom. The fraction of sp³-hybridized carbons (Fsp3) is 0.391. The molecule has 0 aliphatic rings. The first kappa shape index (κ1) is 27.2. The highest BCUT2D eigenvalue weighted by Gasteiger charge is 2.25. The number of carboxylic acid groups (broad SMARTS) is 1. The molecule has 0 fully saturated rings. The molecule has 3 N–H and O–H groups in total. The maximum atomic E-state index is 11.8. The number of carbonyl (C=O) groups is 4. The van der Waals surface area contributed by atoms with Gasteiger partial charge in [-0.1, -0.05) is 27.7 Å². The van der Waals surface area contributed by atoms with E-state index >= 15 is 0 Å². The number of ether oxygens (including phenoxy) is 1. The van der Waals surface area contributed by atoms with Gasteiger partial charge in [-0.2, -0.15) is 0 Å². The minimum atomic E-state index is -1.03. The van der Waals surface area contributed by atoms with E-state index in [9.17, 15) is 19.2 Å². The van der Waals surface area contributed by atoms with Crippen molar-refractivity contribution in [2.24, 2.45) is 11.8 Å². The number of nitrogens with zero attached hydrogens (tertiary/aromatic N) is 2. The molecule has 33 heavy (non-hydrogen) atoms. The maximum absolute atomic E-state index is 11.8. The predicted octanol–water partition coefficient (Wildman–Crippen LogP) is 1.93. The minimum absolute atomic E-state index is 0.0388. The average molecular weight is 459 g/mol. The number of rotatable bonds is 8. The third-order valence-electron chi connectivity index (χ3n) is 4.48. The van der Waals surface area contributed by atoms with Crippen LogP contribution in [0, 0.1) is 11.8 Å². The first-order chi connectivity index (χ1) is 15.6.